The highest BCUT2D eigenvalue weighted by Gasteiger charge is 2.09. The number of nitrogens with one attached hydrogen (secondary N) is 1. The molecule has 1 amide bonds. The van der Waals surface area contributed by atoms with E-state index in [0.29, 0.717) is 22.1 Å². The van der Waals surface area contributed by atoms with E-state index >= 15 is 0 Å². The quantitative estimate of drug-likeness (QED) is 0.697. The zero-order valence-electron chi connectivity index (χ0n) is 14.1. The Morgan fingerprint density at radius 2 is 1.75 bits per heavy atom. The second-order valence-electron chi connectivity index (χ2n) is 5.21. The summed E-state index contributed by atoms with van der Waals surface area (Å²) in [6.07, 6.45) is 0. The lowest BCUT2D eigenvalue weighted by atomic mass is 10.2. The number of amides is 1. The van der Waals surface area contributed by atoms with Crippen molar-refractivity contribution in [1.29, 1.82) is 0 Å². The van der Waals surface area contributed by atoms with Crippen LogP contribution < -0.4 is 10.2 Å². The monoisotopic (exact) mass is 344 g/mol. The van der Waals surface area contributed by atoms with Gasteiger partial charge in [-0.15, -0.1) is 10.2 Å². The fourth-order valence-electron chi connectivity index (χ4n) is 2.33. The second kappa shape index (κ2) is 8.45. The van der Waals surface area contributed by atoms with Crippen molar-refractivity contribution >= 4 is 40.3 Å². The molecule has 0 bridgehead atoms. The summed E-state index contributed by atoms with van der Waals surface area (Å²) in [6.45, 7) is 7.42. The van der Waals surface area contributed by atoms with Gasteiger partial charge in [0.2, 0.25) is 5.91 Å². The van der Waals surface area contributed by atoms with Gasteiger partial charge in [-0.05, 0) is 44.2 Å². The molecule has 1 N–H and O–H groups in total. The Hall–Kier alpha value is -2.40. The van der Waals surface area contributed by atoms with Crippen LogP contribution in [0.1, 0.15) is 20.8 Å². The maximum absolute atomic E-state index is 11.5. The highest BCUT2D eigenvalue weighted by molar-refractivity contribution is 6.32. The van der Waals surface area contributed by atoms with E-state index in [1.807, 2.05) is 30.3 Å². The van der Waals surface area contributed by atoms with E-state index in [1.165, 1.54) is 6.92 Å². The predicted molar refractivity (Wildman–Crippen MR) is 99.9 cm³/mol. The Morgan fingerprint density at radius 1 is 1.08 bits per heavy atom. The van der Waals surface area contributed by atoms with Crippen molar-refractivity contribution in [3.05, 3.63) is 47.5 Å². The van der Waals surface area contributed by atoms with E-state index in [9.17, 15) is 4.79 Å². The third kappa shape index (κ3) is 4.55. The molecule has 0 aliphatic rings. The van der Waals surface area contributed by atoms with Crippen molar-refractivity contribution in [2.45, 2.75) is 20.8 Å². The number of azo groups is 1. The Balaban J connectivity index is 2.37. The first-order valence-electron chi connectivity index (χ1n) is 7.88. The lowest BCUT2D eigenvalue weighted by molar-refractivity contribution is -0.114. The van der Waals surface area contributed by atoms with Crippen LogP contribution in [0.25, 0.3) is 0 Å². The van der Waals surface area contributed by atoms with Gasteiger partial charge in [0.15, 0.2) is 0 Å². The summed E-state index contributed by atoms with van der Waals surface area (Å²) in [4.78, 5) is 13.7. The maximum Gasteiger partial charge on any atom is 0.221 e. The Labute approximate surface area is 147 Å². The van der Waals surface area contributed by atoms with Crippen molar-refractivity contribution in [1.82, 2.24) is 0 Å². The molecule has 0 saturated carbocycles. The summed E-state index contributed by atoms with van der Waals surface area (Å²) in [6, 6.07) is 13.0. The number of hydrogen-bond acceptors (Lipinski definition) is 4. The van der Waals surface area contributed by atoms with Crippen LogP contribution in [0.3, 0.4) is 0 Å². The van der Waals surface area contributed by atoms with Crippen molar-refractivity contribution in [3.8, 4) is 0 Å². The van der Waals surface area contributed by atoms with Gasteiger partial charge in [0.1, 0.15) is 11.4 Å². The van der Waals surface area contributed by atoms with Crippen molar-refractivity contribution < 1.29 is 4.79 Å². The van der Waals surface area contributed by atoms with E-state index in [0.717, 1.165) is 18.8 Å². The number of carbonyl (C=O) groups excluding carboxylic acids is 1. The molecule has 24 heavy (non-hydrogen) atoms. The summed E-state index contributed by atoms with van der Waals surface area (Å²) < 4.78 is 0. The van der Waals surface area contributed by atoms with E-state index in [2.05, 4.69) is 34.3 Å². The third-order valence-electron chi connectivity index (χ3n) is 3.54. The van der Waals surface area contributed by atoms with Gasteiger partial charge in [-0.3, -0.25) is 4.79 Å². The maximum atomic E-state index is 11.5. The normalized spacial score (nSPS) is 10.8. The van der Waals surface area contributed by atoms with Gasteiger partial charge < -0.3 is 10.2 Å². The molecule has 0 atom stereocenters. The molecule has 0 radical (unpaired) electrons. The molecule has 0 aliphatic heterocycles. The molecule has 0 spiro atoms. The average molecular weight is 345 g/mol. The Bertz CT molecular complexity index is 742. The zero-order chi connectivity index (χ0) is 17.5. The SMILES string of the molecule is CCN(CC)c1ccc(N=Nc2ccccc2Cl)c(NC(C)=O)c1. The van der Waals surface area contributed by atoms with E-state index < -0.39 is 0 Å². The van der Waals surface area contributed by atoms with Crippen LogP contribution in [0, 0.1) is 0 Å². The second-order valence-corrected chi connectivity index (χ2v) is 5.61. The van der Waals surface area contributed by atoms with E-state index in [1.54, 1.807) is 12.1 Å². The first kappa shape index (κ1) is 17.9. The molecule has 0 aliphatic carbocycles. The molecule has 0 aromatic heterocycles. The number of anilines is 2. The number of benzene rings is 2. The van der Waals surface area contributed by atoms with Crippen molar-refractivity contribution in [3.63, 3.8) is 0 Å². The van der Waals surface area contributed by atoms with Gasteiger partial charge in [0.05, 0.1) is 10.7 Å². The van der Waals surface area contributed by atoms with Crippen LogP contribution in [-0.4, -0.2) is 19.0 Å². The number of rotatable bonds is 6. The van der Waals surface area contributed by atoms with Crippen LogP contribution in [0.5, 0.6) is 0 Å². The van der Waals surface area contributed by atoms with Crippen LogP contribution in [0.4, 0.5) is 22.7 Å². The average Bonchev–Trinajstić information content (AvgIpc) is 2.56. The van der Waals surface area contributed by atoms with Crippen LogP contribution >= 0.6 is 11.6 Å². The first-order valence-corrected chi connectivity index (χ1v) is 8.25. The third-order valence-corrected chi connectivity index (χ3v) is 3.86. The fraction of sp³-hybridized carbons (Fsp3) is 0.278. The molecular formula is C18H21ClN4O. The number of hydrogen-bond donors (Lipinski definition) is 1. The Morgan fingerprint density at radius 3 is 2.38 bits per heavy atom. The molecule has 0 heterocycles. The van der Waals surface area contributed by atoms with Crippen molar-refractivity contribution in [2.24, 2.45) is 10.2 Å². The van der Waals surface area contributed by atoms with Gasteiger partial charge >= 0.3 is 0 Å². The largest absolute Gasteiger partial charge is 0.372 e. The van der Waals surface area contributed by atoms with E-state index in [-0.39, 0.29) is 5.91 Å². The molecule has 0 fully saturated rings. The summed E-state index contributed by atoms with van der Waals surface area (Å²) in [5.74, 6) is -0.152. The first-order chi connectivity index (χ1) is 11.5. The molecule has 2 rings (SSSR count). The molecule has 2 aromatic carbocycles. The van der Waals surface area contributed by atoms with Crippen LogP contribution in [0.15, 0.2) is 52.7 Å². The van der Waals surface area contributed by atoms with Crippen LogP contribution in [-0.2, 0) is 4.79 Å². The lowest BCUT2D eigenvalue weighted by Crippen LogP contribution is -2.21. The highest BCUT2D eigenvalue weighted by Crippen LogP contribution is 2.33. The summed E-state index contributed by atoms with van der Waals surface area (Å²) in [7, 11) is 0. The zero-order valence-corrected chi connectivity index (χ0v) is 14.8. The van der Waals surface area contributed by atoms with Crippen molar-refractivity contribution in [2.75, 3.05) is 23.3 Å². The minimum absolute atomic E-state index is 0.152. The summed E-state index contributed by atoms with van der Waals surface area (Å²) in [5, 5.41) is 11.8. The summed E-state index contributed by atoms with van der Waals surface area (Å²) >= 11 is 6.09. The molecule has 6 heteroatoms. The predicted octanol–water partition coefficient (Wildman–Crippen LogP) is 5.56. The van der Waals surface area contributed by atoms with Gasteiger partial charge in [-0.1, -0.05) is 23.7 Å². The lowest BCUT2D eigenvalue weighted by Gasteiger charge is -2.22. The van der Waals surface area contributed by atoms with E-state index in [4.69, 9.17) is 11.6 Å². The standard InChI is InChI=1S/C18H21ClN4O/c1-4-23(5-2)14-10-11-17(18(12-14)20-13(3)24)22-21-16-9-7-6-8-15(16)19/h6-12H,4-5H2,1-3H3,(H,20,24). The van der Waals surface area contributed by atoms with Gasteiger partial charge in [-0.25, -0.2) is 0 Å². The highest BCUT2D eigenvalue weighted by atomic mass is 35.5. The fourth-order valence-corrected chi connectivity index (χ4v) is 2.50. The summed E-state index contributed by atoms with van der Waals surface area (Å²) in [5.41, 5.74) is 2.82. The molecule has 5 nitrogen and oxygen atoms in total. The molecular weight excluding hydrogens is 324 g/mol. The molecule has 126 valence electrons. The topological polar surface area (TPSA) is 57.1 Å². The smallest absolute Gasteiger partial charge is 0.221 e. The number of nitrogens with zero attached hydrogens (tertiary/aromatic N) is 3. The van der Waals surface area contributed by atoms with Crippen LogP contribution in [0.2, 0.25) is 5.02 Å². The molecule has 0 saturated heterocycles. The van der Waals surface area contributed by atoms with Gasteiger partial charge in [0.25, 0.3) is 0 Å². The number of carbonyl (C=O) groups is 1. The molecule has 0 unspecified atom stereocenters. The Kier molecular flexibility index (Phi) is 6.32. The minimum atomic E-state index is -0.152. The van der Waals surface area contributed by atoms with Gasteiger partial charge in [0, 0.05) is 25.7 Å². The minimum Gasteiger partial charge on any atom is -0.372 e. The van der Waals surface area contributed by atoms with Gasteiger partial charge in [-0.2, -0.15) is 0 Å². The molecule has 2 aromatic rings. The number of halogens is 1.